The predicted octanol–water partition coefficient (Wildman–Crippen LogP) is 3.56. The lowest BCUT2D eigenvalue weighted by Crippen LogP contribution is -2.04. The van der Waals surface area contributed by atoms with Gasteiger partial charge in [-0.05, 0) is 23.8 Å². The molecule has 0 aliphatic heterocycles. The fraction of sp³-hybridized carbons (Fsp3) is 0.250. The largest absolute Gasteiger partial charge is 0.496 e. The van der Waals surface area contributed by atoms with E-state index in [1.807, 2.05) is 24.3 Å². The van der Waals surface area contributed by atoms with Gasteiger partial charge in [0.25, 0.3) is 0 Å². The molecule has 2 aromatic carbocycles. The van der Waals surface area contributed by atoms with Crippen LogP contribution < -0.4 is 14.2 Å². The number of hydrogen-bond donors (Lipinski definition) is 1. The highest BCUT2D eigenvalue weighted by atomic mass is 79.9. The van der Waals surface area contributed by atoms with Crippen molar-refractivity contribution in [3.8, 4) is 17.2 Å². The van der Waals surface area contributed by atoms with E-state index in [0.717, 1.165) is 10.0 Å². The first-order valence-electron chi connectivity index (χ1n) is 6.34. The molecule has 2 rings (SSSR count). The summed E-state index contributed by atoms with van der Waals surface area (Å²) in [5.74, 6) is 1.65. The first kappa shape index (κ1) is 15.7. The molecule has 112 valence electrons. The van der Waals surface area contributed by atoms with Gasteiger partial charge in [0, 0.05) is 16.1 Å². The molecule has 0 aliphatic carbocycles. The van der Waals surface area contributed by atoms with E-state index in [1.54, 1.807) is 33.5 Å². The normalized spacial score (nSPS) is 11.9. The lowest BCUT2D eigenvalue weighted by molar-refractivity contribution is 0.213. The Hall–Kier alpha value is -1.72. The maximum Gasteiger partial charge on any atom is 0.164 e. The van der Waals surface area contributed by atoms with Crippen molar-refractivity contribution < 1.29 is 19.3 Å². The number of aliphatic hydroxyl groups excluding tert-OH is 1. The summed E-state index contributed by atoms with van der Waals surface area (Å²) in [6.45, 7) is 0. The summed E-state index contributed by atoms with van der Waals surface area (Å²) in [7, 11) is 4.67. The fourth-order valence-corrected chi connectivity index (χ4v) is 2.36. The quantitative estimate of drug-likeness (QED) is 0.893. The molecular formula is C16H17BrO4. The van der Waals surface area contributed by atoms with Crippen LogP contribution in [0.2, 0.25) is 0 Å². The third kappa shape index (κ3) is 3.31. The minimum absolute atomic E-state index is 0.545. The average Bonchev–Trinajstić information content (AvgIpc) is 2.53. The maximum absolute atomic E-state index is 10.6. The van der Waals surface area contributed by atoms with E-state index in [9.17, 15) is 5.11 Å². The highest BCUT2D eigenvalue weighted by Gasteiger charge is 2.19. The zero-order chi connectivity index (χ0) is 15.4. The standard InChI is InChI=1S/C16H17BrO4/c1-19-13-9-15(21-3)14(20-2)8-12(13)16(18)10-4-6-11(17)7-5-10/h4-9,16,18H,1-3H3. The Bertz CT molecular complexity index is 610. The van der Waals surface area contributed by atoms with Crippen LogP contribution in [-0.4, -0.2) is 26.4 Å². The van der Waals surface area contributed by atoms with E-state index in [0.29, 0.717) is 22.8 Å². The summed E-state index contributed by atoms with van der Waals surface area (Å²) >= 11 is 3.38. The molecule has 0 amide bonds. The molecule has 0 heterocycles. The SMILES string of the molecule is COc1cc(OC)c(C(O)c2ccc(Br)cc2)cc1OC. The number of hydrogen-bond acceptors (Lipinski definition) is 4. The van der Waals surface area contributed by atoms with Gasteiger partial charge in [-0.1, -0.05) is 28.1 Å². The van der Waals surface area contributed by atoms with E-state index < -0.39 is 6.10 Å². The second-order valence-corrected chi connectivity index (χ2v) is 5.32. The van der Waals surface area contributed by atoms with Gasteiger partial charge >= 0.3 is 0 Å². The van der Waals surface area contributed by atoms with Crippen LogP contribution in [0.15, 0.2) is 40.9 Å². The predicted molar refractivity (Wildman–Crippen MR) is 84.3 cm³/mol. The Morgan fingerprint density at radius 3 is 1.90 bits per heavy atom. The van der Waals surface area contributed by atoms with Gasteiger partial charge in [0.1, 0.15) is 11.9 Å². The Morgan fingerprint density at radius 1 is 0.857 bits per heavy atom. The number of rotatable bonds is 5. The highest BCUT2D eigenvalue weighted by Crippen LogP contribution is 2.39. The maximum atomic E-state index is 10.6. The Balaban J connectivity index is 2.48. The van der Waals surface area contributed by atoms with E-state index >= 15 is 0 Å². The molecule has 5 heteroatoms. The fourth-order valence-electron chi connectivity index (χ4n) is 2.09. The molecule has 0 saturated heterocycles. The molecule has 0 fully saturated rings. The molecule has 1 unspecified atom stereocenters. The van der Waals surface area contributed by atoms with Gasteiger partial charge in [-0.15, -0.1) is 0 Å². The topological polar surface area (TPSA) is 47.9 Å². The van der Waals surface area contributed by atoms with Crippen molar-refractivity contribution in [3.63, 3.8) is 0 Å². The molecule has 0 spiro atoms. The molecule has 0 radical (unpaired) electrons. The third-order valence-electron chi connectivity index (χ3n) is 3.22. The molecule has 1 N–H and O–H groups in total. The van der Waals surface area contributed by atoms with Crippen LogP contribution >= 0.6 is 15.9 Å². The van der Waals surface area contributed by atoms with Crippen molar-refractivity contribution in [1.29, 1.82) is 0 Å². The molecule has 2 aromatic rings. The van der Waals surface area contributed by atoms with Gasteiger partial charge in [0.2, 0.25) is 0 Å². The molecule has 4 nitrogen and oxygen atoms in total. The number of benzene rings is 2. The van der Waals surface area contributed by atoms with Gasteiger partial charge in [-0.2, -0.15) is 0 Å². The molecule has 0 aliphatic rings. The van der Waals surface area contributed by atoms with Gasteiger partial charge in [-0.25, -0.2) is 0 Å². The van der Waals surface area contributed by atoms with Crippen molar-refractivity contribution in [1.82, 2.24) is 0 Å². The van der Waals surface area contributed by atoms with E-state index in [4.69, 9.17) is 14.2 Å². The van der Waals surface area contributed by atoms with Crippen molar-refractivity contribution in [2.24, 2.45) is 0 Å². The van der Waals surface area contributed by atoms with Crippen molar-refractivity contribution in [2.45, 2.75) is 6.10 Å². The summed E-state index contributed by atoms with van der Waals surface area (Å²) in [5.41, 5.74) is 1.39. The van der Waals surface area contributed by atoms with Crippen LogP contribution in [0.25, 0.3) is 0 Å². The molecule has 21 heavy (non-hydrogen) atoms. The Morgan fingerprint density at radius 2 is 1.38 bits per heavy atom. The Kier molecular flexibility index (Phi) is 5.09. The first-order valence-corrected chi connectivity index (χ1v) is 7.13. The molecule has 0 bridgehead atoms. The van der Waals surface area contributed by atoms with Crippen molar-refractivity contribution >= 4 is 15.9 Å². The summed E-state index contributed by atoms with van der Waals surface area (Å²) < 4.78 is 16.8. The van der Waals surface area contributed by atoms with Gasteiger partial charge in [-0.3, -0.25) is 0 Å². The molecular weight excluding hydrogens is 336 g/mol. The lowest BCUT2D eigenvalue weighted by Gasteiger charge is -2.18. The molecule has 0 aromatic heterocycles. The minimum atomic E-state index is -0.812. The molecule has 0 saturated carbocycles. The monoisotopic (exact) mass is 352 g/mol. The van der Waals surface area contributed by atoms with E-state index in [-0.39, 0.29) is 0 Å². The first-order chi connectivity index (χ1) is 10.1. The van der Waals surface area contributed by atoms with Crippen LogP contribution in [0.4, 0.5) is 0 Å². The summed E-state index contributed by atoms with van der Waals surface area (Å²) in [6.07, 6.45) is -0.812. The van der Waals surface area contributed by atoms with Crippen LogP contribution in [0.5, 0.6) is 17.2 Å². The third-order valence-corrected chi connectivity index (χ3v) is 3.74. The lowest BCUT2D eigenvalue weighted by atomic mass is 10.00. The Labute approximate surface area is 132 Å². The van der Waals surface area contributed by atoms with Crippen LogP contribution in [0.3, 0.4) is 0 Å². The van der Waals surface area contributed by atoms with Crippen molar-refractivity contribution in [3.05, 3.63) is 52.0 Å². The number of ether oxygens (including phenoxy) is 3. The number of aliphatic hydroxyl groups is 1. The minimum Gasteiger partial charge on any atom is -0.496 e. The van der Waals surface area contributed by atoms with Crippen molar-refractivity contribution in [2.75, 3.05) is 21.3 Å². The van der Waals surface area contributed by atoms with Gasteiger partial charge in [0.15, 0.2) is 11.5 Å². The smallest absolute Gasteiger partial charge is 0.164 e. The number of methoxy groups -OCH3 is 3. The van der Waals surface area contributed by atoms with E-state index in [1.165, 1.54) is 0 Å². The molecule has 1 atom stereocenters. The van der Waals surface area contributed by atoms with E-state index in [2.05, 4.69) is 15.9 Å². The summed E-state index contributed by atoms with van der Waals surface area (Å²) in [5, 5.41) is 10.6. The average molecular weight is 353 g/mol. The van der Waals surface area contributed by atoms with Gasteiger partial charge in [0.05, 0.1) is 21.3 Å². The zero-order valence-corrected chi connectivity index (χ0v) is 13.7. The van der Waals surface area contributed by atoms with Crippen LogP contribution in [-0.2, 0) is 0 Å². The second kappa shape index (κ2) is 6.83. The van der Waals surface area contributed by atoms with Gasteiger partial charge < -0.3 is 19.3 Å². The van der Waals surface area contributed by atoms with Crippen LogP contribution in [0, 0.1) is 0 Å². The van der Waals surface area contributed by atoms with Crippen LogP contribution in [0.1, 0.15) is 17.2 Å². The summed E-state index contributed by atoms with van der Waals surface area (Å²) in [6, 6.07) is 10.9. The highest BCUT2D eigenvalue weighted by molar-refractivity contribution is 9.10. The zero-order valence-electron chi connectivity index (χ0n) is 12.1. The number of halogens is 1. The summed E-state index contributed by atoms with van der Waals surface area (Å²) in [4.78, 5) is 0. The second-order valence-electron chi connectivity index (χ2n) is 4.40.